The molecule has 0 unspecified atom stereocenters. The molecule has 0 radical (unpaired) electrons. The predicted octanol–water partition coefficient (Wildman–Crippen LogP) is 2.72. The van der Waals surface area contributed by atoms with Gasteiger partial charge in [-0.25, -0.2) is 4.98 Å². The van der Waals surface area contributed by atoms with Gasteiger partial charge in [-0.3, -0.25) is 9.59 Å². The molecule has 8 heteroatoms. The Kier molecular flexibility index (Phi) is 4.50. The highest BCUT2D eigenvalue weighted by molar-refractivity contribution is 7.15. The van der Waals surface area contributed by atoms with E-state index in [1.165, 1.54) is 27.3 Å². The minimum absolute atomic E-state index is 0.287. The number of amides is 1. The van der Waals surface area contributed by atoms with E-state index in [1.54, 1.807) is 24.3 Å². The van der Waals surface area contributed by atoms with Crippen LogP contribution >= 0.6 is 11.3 Å². The van der Waals surface area contributed by atoms with Crippen molar-refractivity contribution in [2.45, 2.75) is 45.1 Å². The van der Waals surface area contributed by atoms with Crippen molar-refractivity contribution >= 4 is 33.3 Å². The van der Waals surface area contributed by atoms with Gasteiger partial charge in [0.2, 0.25) is 0 Å². The lowest BCUT2D eigenvalue weighted by Crippen LogP contribution is -2.35. The van der Waals surface area contributed by atoms with Gasteiger partial charge in [0, 0.05) is 4.88 Å². The number of thiazole rings is 1. The summed E-state index contributed by atoms with van der Waals surface area (Å²) in [5.41, 5.74) is 1.31. The molecule has 0 spiro atoms. The quantitative estimate of drug-likeness (QED) is 0.764. The number of hydrogen-bond donors (Lipinski definition) is 1. The number of rotatable bonds is 4. The fraction of sp³-hybridized carbons (Fsp3) is 0.389. The monoisotopic (exact) mass is 369 g/mol. The molecule has 4 rings (SSSR count). The third kappa shape index (κ3) is 3.01. The normalized spacial score (nSPS) is 14.8. The molecule has 1 aliphatic carbocycles. The van der Waals surface area contributed by atoms with Gasteiger partial charge < -0.3 is 5.32 Å². The minimum atomic E-state index is -0.722. The number of anilines is 1. The van der Waals surface area contributed by atoms with Crippen molar-refractivity contribution in [2.75, 3.05) is 5.32 Å². The van der Waals surface area contributed by atoms with Crippen LogP contribution in [0, 0.1) is 0 Å². The van der Waals surface area contributed by atoms with E-state index in [0.717, 1.165) is 25.0 Å². The molecule has 1 amide bonds. The average molecular weight is 369 g/mol. The first kappa shape index (κ1) is 16.8. The van der Waals surface area contributed by atoms with Crippen LogP contribution in [0.5, 0.6) is 0 Å². The largest absolute Gasteiger partial charge is 0.300 e. The van der Waals surface area contributed by atoms with Crippen molar-refractivity contribution in [3.8, 4) is 0 Å². The van der Waals surface area contributed by atoms with Crippen molar-refractivity contribution in [3.05, 3.63) is 45.2 Å². The van der Waals surface area contributed by atoms with Crippen LogP contribution in [0.4, 0.5) is 5.13 Å². The molecule has 1 N–H and O–H groups in total. The second-order valence-electron chi connectivity index (χ2n) is 6.37. The summed E-state index contributed by atoms with van der Waals surface area (Å²) in [5, 5.41) is 12.0. The summed E-state index contributed by atoms with van der Waals surface area (Å²) in [4.78, 5) is 31.3. The average Bonchev–Trinajstić information content (AvgIpc) is 3.06. The van der Waals surface area contributed by atoms with Gasteiger partial charge in [-0.05, 0) is 44.2 Å². The molecular weight excluding hydrogens is 350 g/mol. The van der Waals surface area contributed by atoms with Gasteiger partial charge in [0.1, 0.15) is 11.6 Å². The minimum Gasteiger partial charge on any atom is -0.300 e. The van der Waals surface area contributed by atoms with E-state index in [9.17, 15) is 9.59 Å². The van der Waals surface area contributed by atoms with E-state index < -0.39 is 6.04 Å². The summed E-state index contributed by atoms with van der Waals surface area (Å²) in [7, 11) is 0. The molecular formula is C18H19N5O2S. The molecule has 0 aliphatic heterocycles. The maximum Gasteiger partial charge on any atom is 0.278 e. The molecule has 1 atom stereocenters. The Bertz CT molecular complexity index is 1000. The topological polar surface area (TPSA) is 89.8 Å². The fourth-order valence-electron chi connectivity index (χ4n) is 3.27. The zero-order valence-corrected chi connectivity index (χ0v) is 15.3. The number of nitrogens with zero attached hydrogens (tertiary/aromatic N) is 4. The summed E-state index contributed by atoms with van der Waals surface area (Å²) in [6.45, 7) is 1.85. The molecule has 0 saturated heterocycles. The maximum absolute atomic E-state index is 12.8. The number of benzene rings is 1. The van der Waals surface area contributed by atoms with E-state index >= 15 is 0 Å². The summed E-state index contributed by atoms with van der Waals surface area (Å²) in [5.74, 6) is -0.287. The molecule has 1 aliphatic rings. The molecule has 3 aromatic rings. The Balaban J connectivity index is 1.62. The Hall–Kier alpha value is -2.61. The maximum atomic E-state index is 12.8. The van der Waals surface area contributed by atoms with Crippen molar-refractivity contribution in [1.29, 1.82) is 0 Å². The van der Waals surface area contributed by atoms with E-state index in [0.29, 0.717) is 22.5 Å². The lowest BCUT2D eigenvalue weighted by Gasteiger charge is -2.15. The van der Waals surface area contributed by atoms with Crippen molar-refractivity contribution < 1.29 is 4.79 Å². The van der Waals surface area contributed by atoms with Gasteiger partial charge in [-0.1, -0.05) is 24.3 Å². The highest BCUT2D eigenvalue weighted by Gasteiger charge is 2.24. The number of fused-ring (bicyclic) bond motifs is 2. The lowest BCUT2D eigenvalue weighted by molar-refractivity contribution is -0.119. The van der Waals surface area contributed by atoms with Gasteiger partial charge in [0.25, 0.3) is 11.5 Å². The molecule has 134 valence electrons. The van der Waals surface area contributed by atoms with Gasteiger partial charge >= 0.3 is 0 Å². The van der Waals surface area contributed by atoms with E-state index in [4.69, 9.17) is 0 Å². The van der Waals surface area contributed by atoms with Gasteiger partial charge in [0.05, 0.1) is 11.1 Å². The Morgan fingerprint density at radius 2 is 2.12 bits per heavy atom. The van der Waals surface area contributed by atoms with Crippen LogP contribution < -0.4 is 10.9 Å². The molecule has 1 aromatic carbocycles. The highest BCUT2D eigenvalue weighted by Crippen LogP contribution is 2.30. The van der Waals surface area contributed by atoms with Crippen LogP contribution in [0.1, 0.15) is 42.8 Å². The lowest BCUT2D eigenvalue weighted by atomic mass is 10.0. The summed E-state index contributed by atoms with van der Waals surface area (Å²) in [6, 6.07) is 6.28. The first-order chi connectivity index (χ1) is 12.7. The summed E-state index contributed by atoms with van der Waals surface area (Å²) < 4.78 is 1.17. The number of aryl methyl sites for hydroxylation is 2. The molecule has 2 heterocycles. The van der Waals surface area contributed by atoms with Gasteiger partial charge in [-0.15, -0.1) is 16.4 Å². The number of carbonyl (C=O) groups is 1. The smallest absolute Gasteiger partial charge is 0.278 e. The van der Waals surface area contributed by atoms with Crippen molar-refractivity contribution in [1.82, 2.24) is 20.0 Å². The molecule has 0 fully saturated rings. The van der Waals surface area contributed by atoms with Crippen LogP contribution in [-0.2, 0) is 17.6 Å². The van der Waals surface area contributed by atoms with Crippen molar-refractivity contribution in [3.63, 3.8) is 0 Å². The second kappa shape index (κ2) is 6.95. The zero-order chi connectivity index (χ0) is 18.1. The van der Waals surface area contributed by atoms with Crippen LogP contribution in [0.2, 0.25) is 0 Å². The standard InChI is InChI=1S/C18H19N5O2S/c1-2-14(23-17(25)11-7-3-4-8-12(11)21-22-23)16(24)20-18-19-13-9-5-6-10-15(13)26-18/h3-4,7-8,14H,2,5-6,9-10H2,1H3,(H,19,20,24)/t14-/m0/s1. The van der Waals surface area contributed by atoms with E-state index in [1.807, 2.05) is 6.92 Å². The molecule has 26 heavy (non-hydrogen) atoms. The Morgan fingerprint density at radius 3 is 2.92 bits per heavy atom. The van der Waals surface area contributed by atoms with Gasteiger partial charge in [0.15, 0.2) is 5.13 Å². The zero-order valence-electron chi connectivity index (χ0n) is 14.4. The number of hydrogen-bond acceptors (Lipinski definition) is 6. The molecule has 0 saturated carbocycles. The SMILES string of the molecule is CC[C@@H](C(=O)Nc1nc2c(s1)CCCC2)n1nnc2ccccc2c1=O. The summed E-state index contributed by atoms with van der Waals surface area (Å²) >= 11 is 1.53. The third-order valence-electron chi connectivity index (χ3n) is 4.65. The highest BCUT2D eigenvalue weighted by atomic mass is 32.1. The number of aromatic nitrogens is 4. The Labute approximate surface area is 154 Å². The fourth-order valence-corrected chi connectivity index (χ4v) is 4.32. The Morgan fingerprint density at radius 1 is 1.31 bits per heavy atom. The second-order valence-corrected chi connectivity index (χ2v) is 7.45. The summed E-state index contributed by atoms with van der Waals surface area (Å²) in [6.07, 6.45) is 4.74. The third-order valence-corrected chi connectivity index (χ3v) is 5.72. The first-order valence-corrected chi connectivity index (χ1v) is 9.62. The molecule has 2 aromatic heterocycles. The number of carbonyl (C=O) groups excluding carboxylic acids is 1. The van der Waals surface area contributed by atoms with Crippen LogP contribution in [0.25, 0.3) is 10.9 Å². The van der Waals surface area contributed by atoms with E-state index in [2.05, 4.69) is 20.6 Å². The van der Waals surface area contributed by atoms with Gasteiger partial charge in [-0.2, -0.15) is 4.68 Å². The van der Waals surface area contributed by atoms with Crippen molar-refractivity contribution in [2.24, 2.45) is 0 Å². The molecule has 7 nitrogen and oxygen atoms in total. The van der Waals surface area contributed by atoms with Crippen LogP contribution in [0.3, 0.4) is 0 Å². The number of nitrogens with one attached hydrogen (secondary N) is 1. The van der Waals surface area contributed by atoms with Crippen LogP contribution in [-0.4, -0.2) is 25.9 Å². The predicted molar refractivity (Wildman–Crippen MR) is 101 cm³/mol. The van der Waals surface area contributed by atoms with E-state index in [-0.39, 0.29) is 11.5 Å². The molecule has 0 bridgehead atoms. The van der Waals surface area contributed by atoms with Crippen LogP contribution in [0.15, 0.2) is 29.1 Å². The first-order valence-electron chi connectivity index (χ1n) is 8.81.